The van der Waals surface area contributed by atoms with Crippen molar-refractivity contribution in [2.24, 2.45) is 10.8 Å². The van der Waals surface area contributed by atoms with E-state index in [1.165, 1.54) is 0 Å². The van der Waals surface area contributed by atoms with Gasteiger partial charge >= 0.3 is 6.03 Å². The second-order valence-corrected chi connectivity index (χ2v) is 7.90. The number of halogens is 2. The molecule has 0 atom stereocenters. The molecule has 0 spiro atoms. The Balaban J connectivity index is 1.95. The van der Waals surface area contributed by atoms with E-state index < -0.39 is 6.03 Å². The van der Waals surface area contributed by atoms with Crippen LogP contribution in [-0.2, 0) is 0 Å². The van der Waals surface area contributed by atoms with Crippen LogP contribution in [0.2, 0.25) is 0 Å². The number of nitrogens with one attached hydrogen (secondary N) is 2. The molecule has 28 heavy (non-hydrogen) atoms. The highest BCUT2D eigenvalue weighted by atomic mass is 79.9. The summed E-state index contributed by atoms with van der Waals surface area (Å²) in [5.41, 5.74) is 6.72. The fraction of sp³-hybridized carbons (Fsp3) is 0.176. The number of nitrogens with two attached hydrogens (primary N) is 1. The van der Waals surface area contributed by atoms with Gasteiger partial charge in [0, 0.05) is 11.6 Å². The standard InChI is InChI=1S/C17H16Br2N6O3/c1-7(2)10-6-13(22-23-16(10)26)28-14-11(18)4-9(5-12(14)19)25-17(27)21-8(3)15(20)24-25/h4-7H,3H2,1-2H3,(H2,20,24)(H,21,27)(H,23,26). The number of carbonyl (C=O) groups is 1. The lowest BCUT2D eigenvalue weighted by Gasteiger charge is -2.24. The number of hydrogen-bond acceptors (Lipinski definition) is 6. The van der Waals surface area contributed by atoms with Gasteiger partial charge in [-0.05, 0) is 49.9 Å². The number of aromatic amines is 1. The Morgan fingerprint density at radius 2 is 1.86 bits per heavy atom. The van der Waals surface area contributed by atoms with E-state index in [0.29, 0.717) is 25.9 Å². The summed E-state index contributed by atoms with van der Waals surface area (Å²) in [6.07, 6.45) is 0. The molecular weight excluding hydrogens is 496 g/mol. The lowest BCUT2D eigenvalue weighted by molar-refractivity contribution is 0.248. The van der Waals surface area contributed by atoms with E-state index in [1.807, 2.05) is 13.8 Å². The van der Waals surface area contributed by atoms with Gasteiger partial charge < -0.3 is 15.8 Å². The first kappa shape index (κ1) is 20.1. The molecule has 2 aromatic rings. The summed E-state index contributed by atoms with van der Waals surface area (Å²) in [4.78, 5) is 24.0. The van der Waals surface area contributed by atoms with Crippen LogP contribution in [0.5, 0.6) is 11.6 Å². The van der Waals surface area contributed by atoms with Crippen LogP contribution in [-0.4, -0.2) is 22.1 Å². The van der Waals surface area contributed by atoms with Gasteiger partial charge in [-0.2, -0.15) is 5.01 Å². The predicted octanol–water partition coefficient (Wildman–Crippen LogP) is 3.53. The number of benzene rings is 1. The second-order valence-electron chi connectivity index (χ2n) is 6.19. The number of urea groups is 1. The van der Waals surface area contributed by atoms with Gasteiger partial charge in [0.25, 0.3) is 5.56 Å². The van der Waals surface area contributed by atoms with Crippen molar-refractivity contribution in [1.82, 2.24) is 15.5 Å². The van der Waals surface area contributed by atoms with Gasteiger partial charge in [-0.1, -0.05) is 20.4 Å². The molecule has 4 N–H and O–H groups in total. The Kier molecular flexibility index (Phi) is 5.57. The zero-order chi connectivity index (χ0) is 20.6. The highest BCUT2D eigenvalue weighted by molar-refractivity contribution is 9.11. The topological polar surface area (TPSA) is 126 Å². The Hall–Kier alpha value is -2.66. The third-order valence-corrected chi connectivity index (χ3v) is 5.01. The van der Waals surface area contributed by atoms with Gasteiger partial charge in [-0.25, -0.2) is 9.89 Å². The molecule has 1 aliphatic heterocycles. The molecule has 0 aliphatic carbocycles. The molecule has 1 aromatic carbocycles. The van der Waals surface area contributed by atoms with Crippen molar-refractivity contribution in [2.45, 2.75) is 19.8 Å². The van der Waals surface area contributed by atoms with Gasteiger partial charge in [0.05, 0.1) is 20.3 Å². The van der Waals surface area contributed by atoms with Crippen LogP contribution < -0.4 is 26.4 Å². The van der Waals surface area contributed by atoms with E-state index in [2.05, 4.69) is 59.1 Å². The Morgan fingerprint density at radius 1 is 1.21 bits per heavy atom. The average molecular weight is 512 g/mol. The Labute approximate surface area is 176 Å². The summed E-state index contributed by atoms with van der Waals surface area (Å²) in [6, 6.07) is 4.37. The number of H-pyrrole nitrogens is 1. The van der Waals surface area contributed by atoms with E-state index in [0.717, 1.165) is 5.01 Å². The highest BCUT2D eigenvalue weighted by Gasteiger charge is 2.24. The molecule has 0 saturated carbocycles. The van der Waals surface area contributed by atoms with Crippen molar-refractivity contribution in [3.8, 4) is 11.6 Å². The van der Waals surface area contributed by atoms with Crippen LogP contribution in [0.4, 0.5) is 10.5 Å². The van der Waals surface area contributed by atoms with Gasteiger partial charge in [0.1, 0.15) is 0 Å². The van der Waals surface area contributed by atoms with Crippen LogP contribution >= 0.6 is 31.9 Å². The molecule has 0 unspecified atom stereocenters. The van der Waals surface area contributed by atoms with E-state index in [1.54, 1.807) is 18.2 Å². The summed E-state index contributed by atoms with van der Waals surface area (Å²) in [6.45, 7) is 7.41. The Bertz CT molecular complexity index is 1040. The smallest absolute Gasteiger partial charge is 0.347 e. The number of aromatic nitrogens is 2. The SMILES string of the molecule is C=C1NC(=O)N(c2cc(Br)c(Oc3cc(C(C)C)c(=O)[nH]n3)c(Br)c2)N=C1N. The van der Waals surface area contributed by atoms with E-state index in [4.69, 9.17) is 10.5 Å². The van der Waals surface area contributed by atoms with Gasteiger partial charge in [0.15, 0.2) is 11.6 Å². The monoisotopic (exact) mass is 510 g/mol. The average Bonchev–Trinajstić information content (AvgIpc) is 2.62. The quantitative estimate of drug-likeness (QED) is 0.578. The number of hydrogen-bond donors (Lipinski definition) is 3. The fourth-order valence-electron chi connectivity index (χ4n) is 2.39. The second kappa shape index (κ2) is 7.76. The van der Waals surface area contributed by atoms with Crippen molar-refractivity contribution in [1.29, 1.82) is 0 Å². The molecule has 146 valence electrons. The minimum Gasteiger partial charge on any atom is -0.435 e. The number of carbonyl (C=O) groups excluding carboxylic acids is 1. The third-order valence-electron chi connectivity index (χ3n) is 3.83. The molecule has 3 rings (SSSR count). The minimum atomic E-state index is -0.490. The lowest BCUT2D eigenvalue weighted by atomic mass is 10.1. The first-order chi connectivity index (χ1) is 13.2. The molecule has 9 nitrogen and oxygen atoms in total. The number of amides is 2. The molecule has 11 heteroatoms. The zero-order valence-electron chi connectivity index (χ0n) is 14.9. The number of hydrazone groups is 1. The molecule has 1 aliphatic rings. The largest absolute Gasteiger partial charge is 0.435 e. The molecule has 0 bridgehead atoms. The molecule has 0 fully saturated rings. The summed E-state index contributed by atoms with van der Waals surface area (Å²) in [5.74, 6) is 0.758. The van der Waals surface area contributed by atoms with E-state index in [9.17, 15) is 9.59 Å². The predicted molar refractivity (Wildman–Crippen MR) is 113 cm³/mol. The van der Waals surface area contributed by atoms with Crippen molar-refractivity contribution in [3.63, 3.8) is 0 Å². The Morgan fingerprint density at radius 3 is 2.46 bits per heavy atom. The zero-order valence-corrected chi connectivity index (χ0v) is 18.1. The minimum absolute atomic E-state index is 0.0130. The number of nitrogens with zero attached hydrogens (tertiary/aromatic N) is 3. The van der Waals surface area contributed by atoms with Crippen LogP contribution in [0.15, 0.2) is 49.3 Å². The first-order valence-electron chi connectivity index (χ1n) is 8.08. The number of rotatable bonds is 4. The maximum absolute atomic E-state index is 12.2. The van der Waals surface area contributed by atoms with Crippen molar-refractivity contribution in [3.05, 3.63) is 55.3 Å². The van der Waals surface area contributed by atoms with E-state index in [-0.39, 0.29) is 28.9 Å². The van der Waals surface area contributed by atoms with Gasteiger partial charge in [-0.15, -0.1) is 10.2 Å². The maximum Gasteiger partial charge on any atom is 0.347 e. The molecule has 2 heterocycles. The van der Waals surface area contributed by atoms with Crippen LogP contribution in [0.25, 0.3) is 0 Å². The van der Waals surface area contributed by atoms with Crippen molar-refractivity contribution in [2.75, 3.05) is 5.01 Å². The van der Waals surface area contributed by atoms with E-state index >= 15 is 0 Å². The molecule has 1 aromatic heterocycles. The van der Waals surface area contributed by atoms with Gasteiger partial charge in [-0.3, -0.25) is 4.79 Å². The normalized spacial score (nSPS) is 14.2. The molecular formula is C17H16Br2N6O3. The number of anilines is 1. The van der Waals surface area contributed by atoms with Crippen LogP contribution in [0.1, 0.15) is 25.3 Å². The molecule has 0 saturated heterocycles. The summed E-state index contributed by atoms with van der Waals surface area (Å²) in [5, 5.41) is 14.0. The maximum atomic E-state index is 12.2. The fourth-order valence-corrected chi connectivity index (χ4v) is 3.71. The summed E-state index contributed by atoms with van der Waals surface area (Å²) < 4.78 is 6.88. The van der Waals surface area contributed by atoms with Crippen LogP contribution in [0.3, 0.4) is 0 Å². The lowest BCUT2D eigenvalue weighted by Crippen LogP contribution is -2.45. The summed E-state index contributed by atoms with van der Waals surface area (Å²) >= 11 is 6.84. The van der Waals surface area contributed by atoms with Crippen molar-refractivity contribution < 1.29 is 9.53 Å². The summed E-state index contributed by atoms with van der Waals surface area (Å²) in [7, 11) is 0. The van der Waals surface area contributed by atoms with Crippen LogP contribution in [0, 0.1) is 0 Å². The highest BCUT2D eigenvalue weighted by Crippen LogP contribution is 2.40. The number of ether oxygens (including phenoxy) is 1. The third kappa shape index (κ3) is 3.94. The first-order valence-corrected chi connectivity index (χ1v) is 9.67. The molecule has 2 amide bonds. The van der Waals surface area contributed by atoms with Gasteiger partial charge in [0.2, 0.25) is 5.88 Å². The molecule has 0 radical (unpaired) electrons. The van der Waals surface area contributed by atoms with Crippen molar-refractivity contribution >= 4 is 49.4 Å². The number of amidine groups is 1.